The van der Waals surface area contributed by atoms with Gasteiger partial charge in [0.25, 0.3) is 5.56 Å². The molecule has 0 spiro atoms. The molecule has 2 aromatic heterocycles. The highest BCUT2D eigenvalue weighted by Crippen LogP contribution is 2.14. The number of carbonyl (C=O) groups is 1. The van der Waals surface area contributed by atoms with Crippen molar-refractivity contribution in [1.29, 1.82) is 0 Å². The maximum Gasteiger partial charge on any atom is 0.336 e. The summed E-state index contributed by atoms with van der Waals surface area (Å²) in [5, 5.41) is 14.0. The summed E-state index contributed by atoms with van der Waals surface area (Å²) in [5.74, 6) is -1.13. The maximum absolute atomic E-state index is 12.5. The van der Waals surface area contributed by atoms with Crippen LogP contribution < -0.4 is 5.56 Å². The van der Waals surface area contributed by atoms with Crippen molar-refractivity contribution in [1.82, 2.24) is 14.8 Å². The Labute approximate surface area is 119 Å². The van der Waals surface area contributed by atoms with Gasteiger partial charge in [-0.1, -0.05) is 18.2 Å². The molecule has 0 unspecified atom stereocenters. The number of carboxylic acids is 1. The van der Waals surface area contributed by atoms with Crippen molar-refractivity contribution in [2.45, 2.75) is 6.54 Å². The van der Waals surface area contributed by atoms with Gasteiger partial charge in [-0.15, -0.1) is 0 Å². The monoisotopic (exact) mass is 281 g/mol. The second-order valence-corrected chi connectivity index (χ2v) is 4.50. The summed E-state index contributed by atoms with van der Waals surface area (Å²) < 4.78 is 1.22. The minimum atomic E-state index is -1.13. The Kier molecular flexibility index (Phi) is 3.19. The van der Waals surface area contributed by atoms with E-state index >= 15 is 0 Å². The van der Waals surface area contributed by atoms with Crippen LogP contribution in [-0.4, -0.2) is 25.8 Å². The molecule has 21 heavy (non-hydrogen) atoms. The highest BCUT2D eigenvalue weighted by atomic mass is 16.4. The van der Waals surface area contributed by atoms with E-state index in [-0.39, 0.29) is 17.5 Å². The van der Waals surface area contributed by atoms with Gasteiger partial charge in [0.15, 0.2) is 0 Å². The van der Waals surface area contributed by atoms with Crippen LogP contribution in [0.4, 0.5) is 0 Å². The van der Waals surface area contributed by atoms with Crippen LogP contribution in [0, 0.1) is 0 Å². The first kappa shape index (κ1) is 13.0. The molecule has 3 aromatic rings. The Bertz CT molecular complexity index is 872. The molecule has 104 valence electrons. The van der Waals surface area contributed by atoms with Crippen molar-refractivity contribution in [2.24, 2.45) is 0 Å². The van der Waals surface area contributed by atoms with Gasteiger partial charge in [-0.05, 0) is 18.2 Å². The van der Waals surface area contributed by atoms with E-state index < -0.39 is 11.5 Å². The lowest BCUT2D eigenvalue weighted by Crippen LogP contribution is -2.25. The molecule has 0 aliphatic heterocycles. The van der Waals surface area contributed by atoms with Crippen molar-refractivity contribution in [3.8, 4) is 0 Å². The predicted octanol–water partition coefficient (Wildman–Crippen LogP) is 1.54. The number of aromatic nitrogens is 3. The molecule has 1 N–H and O–H groups in total. The average molecular weight is 281 g/mol. The number of carboxylic acid groups (broad SMARTS) is 1. The molecule has 0 bridgehead atoms. The Balaban J connectivity index is 2.18. The highest BCUT2D eigenvalue weighted by Gasteiger charge is 2.13. The van der Waals surface area contributed by atoms with Crippen molar-refractivity contribution in [3.05, 3.63) is 70.4 Å². The number of nitrogens with zero attached hydrogens (tertiary/aromatic N) is 3. The number of aromatic carboxylic acids is 1. The standard InChI is InChI=1S/C15H11N3O3/c19-14-13-10(4-3-6-12(13)15(20)21)8-17-18(14)9-11-5-1-2-7-16-11/h1-8H,9H2,(H,20,21). The second-order valence-electron chi connectivity index (χ2n) is 4.50. The van der Waals surface area contributed by atoms with Crippen LogP contribution in [0.5, 0.6) is 0 Å². The SMILES string of the molecule is O=C(O)c1cccc2cnn(Cc3ccccn3)c(=O)c12. The van der Waals surface area contributed by atoms with E-state index in [1.165, 1.54) is 16.9 Å². The first-order chi connectivity index (χ1) is 10.2. The van der Waals surface area contributed by atoms with Gasteiger partial charge in [-0.25, -0.2) is 9.48 Å². The lowest BCUT2D eigenvalue weighted by molar-refractivity contribution is 0.0699. The lowest BCUT2D eigenvalue weighted by atomic mass is 10.1. The van der Waals surface area contributed by atoms with E-state index in [0.717, 1.165) is 0 Å². The zero-order chi connectivity index (χ0) is 14.8. The van der Waals surface area contributed by atoms with Gasteiger partial charge in [-0.3, -0.25) is 9.78 Å². The van der Waals surface area contributed by atoms with E-state index in [9.17, 15) is 14.7 Å². The summed E-state index contributed by atoms with van der Waals surface area (Å²) in [6.07, 6.45) is 3.12. The van der Waals surface area contributed by atoms with Crippen LogP contribution in [0.1, 0.15) is 16.1 Å². The highest BCUT2D eigenvalue weighted by molar-refractivity contribution is 6.02. The number of rotatable bonds is 3. The van der Waals surface area contributed by atoms with Crippen LogP contribution >= 0.6 is 0 Å². The molecule has 6 heteroatoms. The summed E-state index contributed by atoms with van der Waals surface area (Å²) in [7, 11) is 0. The van der Waals surface area contributed by atoms with Crippen molar-refractivity contribution in [3.63, 3.8) is 0 Å². The molecule has 3 rings (SSSR count). The van der Waals surface area contributed by atoms with Gasteiger partial charge in [0.1, 0.15) is 0 Å². The molecule has 0 aliphatic rings. The number of fused-ring (bicyclic) bond motifs is 1. The van der Waals surface area contributed by atoms with Gasteiger partial charge < -0.3 is 5.11 Å². The van der Waals surface area contributed by atoms with E-state index in [4.69, 9.17) is 0 Å². The number of hydrogen-bond donors (Lipinski definition) is 1. The maximum atomic E-state index is 12.5. The third-order valence-corrected chi connectivity index (χ3v) is 3.15. The quantitative estimate of drug-likeness (QED) is 0.787. The third kappa shape index (κ3) is 2.38. The summed E-state index contributed by atoms with van der Waals surface area (Å²) >= 11 is 0. The van der Waals surface area contributed by atoms with Gasteiger partial charge >= 0.3 is 5.97 Å². The van der Waals surface area contributed by atoms with Crippen LogP contribution in [0.15, 0.2) is 53.6 Å². The van der Waals surface area contributed by atoms with Crippen LogP contribution in [0.2, 0.25) is 0 Å². The molecular weight excluding hydrogens is 270 g/mol. The molecular formula is C15H11N3O3. The van der Waals surface area contributed by atoms with E-state index in [1.807, 2.05) is 6.07 Å². The molecule has 6 nitrogen and oxygen atoms in total. The number of benzene rings is 1. The topological polar surface area (TPSA) is 85.1 Å². The first-order valence-corrected chi connectivity index (χ1v) is 6.29. The Morgan fingerprint density at radius 1 is 1.19 bits per heavy atom. The Morgan fingerprint density at radius 2 is 2.05 bits per heavy atom. The van der Waals surface area contributed by atoms with E-state index in [1.54, 1.807) is 30.5 Å². The van der Waals surface area contributed by atoms with Crippen LogP contribution in [0.3, 0.4) is 0 Å². The molecule has 0 aliphatic carbocycles. The van der Waals surface area contributed by atoms with Crippen molar-refractivity contribution in [2.75, 3.05) is 0 Å². The largest absolute Gasteiger partial charge is 0.478 e. The Morgan fingerprint density at radius 3 is 2.76 bits per heavy atom. The fourth-order valence-corrected chi connectivity index (χ4v) is 2.17. The van der Waals surface area contributed by atoms with E-state index in [2.05, 4.69) is 10.1 Å². The van der Waals surface area contributed by atoms with E-state index in [0.29, 0.717) is 11.1 Å². The zero-order valence-electron chi connectivity index (χ0n) is 10.9. The third-order valence-electron chi connectivity index (χ3n) is 3.15. The van der Waals surface area contributed by atoms with Crippen LogP contribution in [0.25, 0.3) is 10.8 Å². The van der Waals surface area contributed by atoms with Gasteiger partial charge in [0.2, 0.25) is 0 Å². The fourth-order valence-electron chi connectivity index (χ4n) is 2.17. The Hall–Kier alpha value is -3.02. The molecule has 1 aromatic carbocycles. The minimum Gasteiger partial charge on any atom is -0.478 e. The zero-order valence-corrected chi connectivity index (χ0v) is 10.9. The number of pyridine rings is 1. The predicted molar refractivity (Wildman–Crippen MR) is 76.3 cm³/mol. The molecule has 0 saturated carbocycles. The fraction of sp³-hybridized carbons (Fsp3) is 0.0667. The first-order valence-electron chi connectivity index (χ1n) is 6.29. The molecule has 2 heterocycles. The smallest absolute Gasteiger partial charge is 0.336 e. The summed E-state index contributed by atoms with van der Waals surface area (Å²) in [5.41, 5.74) is 0.227. The molecule has 0 atom stereocenters. The van der Waals surface area contributed by atoms with Crippen LogP contribution in [-0.2, 0) is 6.54 Å². The lowest BCUT2D eigenvalue weighted by Gasteiger charge is -2.07. The molecule has 0 radical (unpaired) electrons. The second kappa shape index (κ2) is 5.16. The van der Waals surface area contributed by atoms with Crippen molar-refractivity contribution < 1.29 is 9.90 Å². The average Bonchev–Trinajstić information content (AvgIpc) is 2.50. The van der Waals surface area contributed by atoms with Gasteiger partial charge in [0, 0.05) is 11.6 Å². The van der Waals surface area contributed by atoms with Gasteiger partial charge in [0.05, 0.1) is 29.4 Å². The van der Waals surface area contributed by atoms with Gasteiger partial charge in [-0.2, -0.15) is 5.10 Å². The summed E-state index contributed by atoms with van der Waals surface area (Å²) in [6, 6.07) is 10.1. The summed E-state index contributed by atoms with van der Waals surface area (Å²) in [6.45, 7) is 0.198. The molecule has 0 amide bonds. The normalized spacial score (nSPS) is 10.7. The minimum absolute atomic E-state index is 0.0188. The number of hydrogen-bond acceptors (Lipinski definition) is 4. The van der Waals surface area contributed by atoms with Crippen molar-refractivity contribution >= 4 is 16.7 Å². The molecule has 0 saturated heterocycles. The molecule has 0 fully saturated rings. The summed E-state index contributed by atoms with van der Waals surface area (Å²) in [4.78, 5) is 27.9.